The maximum Gasteiger partial charge on any atom is 0.338 e. The number of hydrogen-bond acceptors (Lipinski definition) is 8. The predicted octanol–water partition coefficient (Wildman–Crippen LogP) is 6.50. The van der Waals surface area contributed by atoms with Crippen LogP contribution >= 0.6 is 15.9 Å². The summed E-state index contributed by atoms with van der Waals surface area (Å²) >= 11 is 3.72. The van der Waals surface area contributed by atoms with E-state index in [4.69, 9.17) is 14.2 Å². The number of fused-ring (bicyclic) bond motifs is 1. The molecule has 2 heterocycles. The van der Waals surface area contributed by atoms with Crippen LogP contribution in [0.3, 0.4) is 0 Å². The van der Waals surface area contributed by atoms with E-state index in [2.05, 4.69) is 69.7 Å². The van der Waals surface area contributed by atoms with Gasteiger partial charge in [0.15, 0.2) is 11.5 Å². The zero-order valence-electron chi connectivity index (χ0n) is 23.7. The van der Waals surface area contributed by atoms with E-state index in [1.165, 1.54) is 23.1 Å². The lowest BCUT2D eigenvalue weighted by Crippen LogP contribution is -2.32. The van der Waals surface area contributed by atoms with E-state index in [0.29, 0.717) is 46.4 Å². The van der Waals surface area contributed by atoms with Crippen molar-refractivity contribution in [1.29, 1.82) is 0 Å². The third-order valence-electron chi connectivity index (χ3n) is 7.73. The Balaban J connectivity index is 1.50. The van der Waals surface area contributed by atoms with Crippen molar-refractivity contribution < 1.29 is 19.0 Å². The highest BCUT2D eigenvalue weighted by atomic mass is 79.9. The number of esters is 1. The van der Waals surface area contributed by atoms with E-state index in [1.54, 1.807) is 4.68 Å². The number of aromatic nitrogens is 4. The average molecular weight is 611 g/mol. The van der Waals surface area contributed by atoms with Gasteiger partial charge in [-0.05, 0) is 127 Å². The van der Waals surface area contributed by atoms with Crippen molar-refractivity contribution in [2.75, 3.05) is 11.9 Å². The minimum atomic E-state index is -0.603. The number of tetrazole rings is 1. The Hall–Kier alpha value is -3.40. The number of carbonyl (C=O) groups excluding carboxylic acids is 1. The molecule has 5 rings (SSSR count). The van der Waals surface area contributed by atoms with Gasteiger partial charge >= 0.3 is 5.97 Å². The number of allylic oxidation sites excluding steroid dienone is 1. The number of nitrogens with one attached hydrogen (secondary N) is 1. The first-order chi connectivity index (χ1) is 19.3. The zero-order valence-corrected chi connectivity index (χ0v) is 25.3. The molecule has 1 fully saturated rings. The first kappa shape index (κ1) is 28.1. The second kappa shape index (κ2) is 12.0. The fraction of sp³-hybridized carbons (Fsp3) is 0.467. The van der Waals surface area contributed by atoms with Crippen molar-refractivity contribution in [3.63, 3.8) is 0 Å². The molecule has 212 valence electrons. The van der Waals surface area contributed by atoms with E-state index in [9.17, 15) is 4.79 Å². The molecule has 0 radical (unpaired) electrons. The van der Waals surface area contributed by atoms with Crippen LogP contribution in [0.1, 0.15) is 79.8 Å². The molecule has 40 heavy (non-hydrogen) atoms. The summed E-state index contributed by atoms with van der Waals surface area (Å²) in [6.07, 6.45) is 5.02. The Kier molecular flexibility index (Phi) is 8.44. The van der Waals surface area contributed by atoms with Gasteiger partial charge in [-0.15, -0.1) is 0 Å². The summed E-state index contributed by atoms with van der Waals surface area (Å²) in [6.45, 7) is 10.9. The Morgan fingerprint density at radius 1 is 1.02 bits per heavy atom. The van der Waals surface area contributed by atoms with Gasteiger partial charge in [0.25, 0.3) is 0 Å². The number of carbonyl (C=O) groups is 1. The van der Waals surface area contributed by atoms with Gasteiger partial charge in [0.2, 0.25) is 5.95 Å². The molecular weight excluding hydrogens is 574 g/mol. The Morgan fingerprint density at radius 2 is 1.77 bits per heavy atom. The molecule has 1 unspecified atom stereocenters. The molecule has 0 spiro atoms. The van der Waals surface area contributed by atoms with Crippen molar-refractivity contribution in [1.82, 2.24) is 20.2 Å². The van der Waals surface area contributed by atoms with Crippen LogP contribution in [0, 0.1) is 20.8 Å². The van der Waals surface area contributed by atoms with Gasteiger partial charge in [-0.2, -0.15) is 4.68 Å². The van der Waals surface area contributed by atoms with Crippen LogP contribution in [0.5, 0.6) is 11.5 Å². The van der Waals surface area contributed by atoms with Crippen LogP contribution in [0.15, 0.2) is 40.0 Å². The summed E-state index contributed by atoms with van der Waals surface area (Å²) in [5, 5.41) is 15.4. The smallest absolute Gasteiger partial charge is 0.338 e. The number of halogens is 1. The van der Waals surface area contributed by atoms with E-state index >= 15 is 0 Å². The zero-order chi connectivity index (χ0) is 28.4. The summed E-state index contributed by atoms with van der Waals surface area (Å²) < 4.78 is 20.7. The molecule has 1 N–H and O–H groups in total. The van der Waals surface area contributed by atoms with Gasteiger partial charge in [-0.25, -0.2) is 4.79 Å². The molecule has 1 aromatic heterocycles. The Bertz CT molecular complexity index is 1440. The van der Waals surface area contributed by atoms with Crippen molar-refractivity contribution >= 4 is 27.8 Å². The summed E-state index contributed by atoms with van der Waals surface area (Å²) in [4.78, 5) is 13.6. The molecule has 1 aliphatic heterocycles. The number of anilines is 1. The number of benzene rings is 2. The van der Waals surface area contributed by atoms with Crippen molar-refractivity contribution in [3.8, 4) is 11.5 Å². The van der Waals surface area contributed by atoms with E-state index in [0.717, 1.165) is 36.8 Å². The molecule has 0 saturated heterocycles. The minimum Gasteiger partial charge on any atom is -0.490 e. The predicted molar refractivity (Wildman–Crippen MR) is 156 cm³/mol. The molecule has 9 nitrogen and oxygen atoms in total. The van der Waals surface area contributed by atoms with Crippen molar-refractivity contribution in [2.24, 2.45) is 0 Å². The van der Waals surface area contributed by atoms with Gasteiger partial charge in [-0.3, -0.25) is 0 Å². The van der Waals surface area contributed by atoms with Gasteiger partial charge in [0, 0.05) is 5.70 Å². The lowest BCUT2D eigenvalue weighted by molar-refractivity contribution is -0.146. The van der Waals surface area contributed by atoms with Crippen LogP contribution in [0.2, 0.25) is 0 Å². The normalized spacial score (nSPS) is 17.3. The molecule has 1 saturated carbocycles. The second-order valence-corrected chi connectivity index (χ2v) is 11.4. The van der Waals surface area contributed by atoms with Crippen LogP contribution < -0.4 is 14.8 Å². The van der Waals surface area contributed by atoms with Crippen LogP contribution in [-0.2, 0) is 16.1 Å². The van der Waals surface area contributed by atoms with Crippen LogP contribution in [-0.4, -0.2) is 38.9 Å². The standard InChI is InChI=1S/C30H36BrN5O4/c1-6-38-25-15-21(14-24(31)28(25)39-16-22-13-18(3)17(2)12-19(22)4)27-26(20(5)32-30-33-34-35-36(27)30)29(37)40-23-10-8-7-9-11-23/h12-15,23,27H,6-11,16H2,1-5H3,(H,32,33,35). The SMILES string of the molecule is CCOc1cc(C2C(C(=O)OC3CCCCC3)=C(C)Nc3nnnn32)cc(Br)c1OCc1cc(C)c(C)cc1C. The molecule has 0 amide bonds. The van der Waals surface area contributed by atoms with Gasteiger partial charge < -0.3 is 19.5 Å². The van der Waals surface area contributed by atoms with Crippen molar-refractivity contribution in [3.05, 3.63) is 67.8 Å². The molecule has 2 aliphatic rings. The van der Waals surface area contributed by atoms with Gasteiger partial charge in [-0.1, -0.05) is 23.7 Å². The fourth-order valence-corrected chi connectivity index (χ4v) is 6.03. The first-order valence-corrected chi connectivity index (χ1v) is 14.7. The largest absolute Gasteiger partial charge is 0.490 e. The van der Waals surface area contributed by atoms with Crippen LogP contribution in [0.4, 0.5) is 5.95 Å². The third-order valence-corrected chi connectivity index (χ3v) is 8.32. The monoisotopic (exact) mass is 609 g/mol. The van der Waals surface area contributed by atoms with E-state index in [-0.39, 0.29) is 12.1 Å². The van der Waals surface area contributed by atoms with Crippen LogP contribution in [0.25, 0.3) is 0 Å². The average Bonchev–Trinajstić information content (AvgIpc) is 3.38. The number of hydrogen-bond donors (Lipinski definition) is 1. The lowest BCUT2D eigenvalue weighted by Gasteiger charge is -2.30. The number of nitrogens with zero attached hydrogens (tertiary/aromatic N) is 4. The number of aryl methyl sites for hydroxylation is 3. The molecule has 10 heteroatoms. The fourth-order valence-electron chi connectivity index (χ4n) is 5.46. The molecular formula is C30H36BrN5O4. The highest BCUT2D eigenvalue weighted by molar-refractivity contribution is 9.10. The maximum atomic E-state index is 13.6. The Morgan fingerprint density at radius 3 is 2.52 bits per heavy atom. The quantitative estimate of drug-likeness (QED) is 0.289. The molecule has 1 atom stereocenters. The lowest BCUT2D eigenvalue weighted by atomic mass is 9.94. The molecule has 3 aromatic rings. The van der Waals surface area contributed by atoms with Crippen molar-refractivity contribution in [2.45, 2.75) is 85.5 Å². The third kappa shape index (κ3) is 5.73. The maximum absolute atomic E-state index is 13.6. The summed E-state index contributed by atoms with van der Waals surface area (Å²) in [5.74, 6) is 1.26. The first-order valence-electron chi connectivity index (χ1n) is 13.9. The summed E-state index contributed by atoms with van der Waals surface area (Å²) in [5.41, 5.74) is 6.68. The molecule has 1 aliphatic carbocycles. The minimum absolute atomic E-state index is 0.0761. The molecule has 0 bridgehead atoms. The highest BCUT2D eigenvalue weighted by Gasteiger charge is 2.37. The van der Waals surface area contributed by atoms with E-state index in [1.807, 2.05) is 26.0 Å². The topological polar surface area (TPSA) is 100 Å². The van der Waals surface area contributed by atoms with Gasteiger partial charge in [0.05, 0.1) is 16.7 Å². The summed E-state index contributed by atoms with van der Waals surface area (Å²) in [6, 6.07) is 7.58. The highest BCUT2D eigenvalue weighted by Crippen LogP contribution is 2.43. The Labute approximate surface area is 243 Å². The number of ether oxygens (including phenoxy) is 3. The second-order valence-electron chi connectivity index (χ2n) is 10.6. The summed E-state index contributed by atoms with van der Waals surface area (Å²) in [7, 11) is 0. The van der Waals surface area contributed by atoms with Gasteiger partial charge in [0.1, 0.15) is 18.8 Å². The number of rotatable bonds is 8. The van der Waals surface area contributed by atoms with E-state index < -0.39 is 6.04 Å². The molecule has 2 aromatic carbocycles.